The molecule has 8 rings (SSSR count). The highest BCUT2D eigenvalue weighted by Crippen LogP contribution is 2.45. The fourth-order valence-corrected chi connectivity index (χ4v) is 6.04. The molecule has 0 aliphatic rings. The number of nitrogens with zero attached hydrogens (tertiary/aromatic N) is 5. The highest BCUT2D eigenvalue weighted by molar-refractivity contribution is 6.09. The van der Waals surface area contributed by atoms with Gasteiger partial charge in [0.1, 0.15) is 0 Å². The molecule has 0 saturated heterocycles. The number of aromatic nitrogens is 5. The molecule has 190 valence electrons. The predicted octanol–water partition coefficient (Wildman–Crippen LogP) is 8.16. The van der Waals surface area contributed by atoms with Gasteiger partial charge in [-0.2, -0.15) is 0 Å². The predicted molar refractivity (Wildman–Crippen MR) is 164 cm³/mol. The number of rotatable bonds is 3. The van der Waals surface area contributed by atoms with E-state index in [1.165, 1.54) is 27.4 Å². The summed E-state index contributed by atoms with van der Waals surface area (Å²) in [6.45, 7) is 0. The van der Waals surface area contributed by atoms with Crippen LogP contribution in [0.5, 0.6) is 0 Å². The lowest BCUT2D eigenvalue weighted by atomic mass is 9.89. The van der Waals surface area contributed by atoms with Crippen molar-refractivity contribution in [1.29, 1.82) is 0 Å². The first-order valence-corrected chi connectivity index (χ1v) is 13.4. The van der Waals surface area contributed by atoms with Crippen LogP contribution in [0.2, 0.25) is 0 Å². The van der Waals surface area contributed by atoms with Crippen molar-refractivity contribution >= 4 is 43.7 Å². The monoisotopic (exact) mass is 515 g/mol. The molecule has 40 heavy (non-hydrogen) atoms. The van der Waals surface area contributed by atoms with Gasteiger partial charge in [-0.3, -0.25) is 9.97 Å². The van der Waals surface area contributed by atoms with Crippen LogP contribution in [0.4, 0.5) is 0 Å². The Hall–Kier alpha value is -5.29. The van der Waals surface area contributed by atoms with Crippen LogP contribution in [-0.2, 0) is 14.1 Å². The van der Waals surface area contributed by atoms with Crippen molar-refractivity contribution < 1.29 is 0 Å². The van der Waals surface area contributed by atoms with Crippen LogP contribution < -0.4 is 0 Å². The molecule has 4 aromatic heterocycles. The van der Waals surface area contributed by atoms with Gasteiger partial charge in [0, 0.05) is 76.6 Å². The summed E-state index contributed by atoms with van der Waals surface area (Å²) in [4.78, 5) is 14.4. The molecule has 4 heterocycles. The van der Waals surface area contributed by atoms with Gasteiger partial charge < -0.3 is 9.13 Å². The van der Waals surface area contributed by atoms with E-state index in [2.05, 4.69) is 130 Å². The van der Waals surface area contributed by atoms with Gasteiger partial charge in [0.2, 0.25) is 0 Å². The molecular formula is C35H25N5. The maximum atomic E-state index is 5.32. The zero-order valence-corrected chi connectivity index (χ0v) is 22.2. The Morgan fingerprint density at radius 3 is 2.25 bits per heavy atom. The number of aryl methyl sites for hydroxylation is 2. The van der Waals surface area contributed by atoms with E-state index in [-0.39, 0.29) is 0 Å². The maximum absolute atomic E-state index is 5.32. The third-order valence-corrected chi connectivity index (χ3v) is 8.02. The van der Waals surface area contributed by atoms with Gasteiger partial charge in [-0.1, -0.05) is 48.5 Å². The average Bonchev–Trinajstić information content (AvgIpc) is 3.54. The number of hydrogen-bond donors (Lipinski definition) is 0. The molecule has 5 nitrogen and oxygen atoms in total. The molecule has 0 spiro atoms. The molecule has 0 amide bonds. The summed E-state index contributed by atoms with van der Waals surface area (Å²) in [5.41, 5.74) is 11.6. The largest absolute Gasteiger partial charge is 0.351 e. The summed E-state index contributed by atoms with van der Waals surface area (Å²) in [6.07, 6.45) is 5.58. The molecule has 0 fully saturated rings. The molecular weight excluding hydrogens is 490 g/mol. The molecule has 0 N–H and O–H groups in total. The SMILES string of the molecule is Cn1ccc2cc(-c3c(-c4ccc5nccnc5c4)nc4ccccc4c3-c3cc4ccccc4n3C)ccc21. The van der Waals surface area contributed by atoms with E-state index in [1.54, 1.807) is 12.4 Å². The highest BCUT2D eigenvalue weighted by Gasteiger charge is 2.23. The maximum Gasteiger partial charge on any atom is 0.0893 e. The topological polar surface area (TPSA) is 48.5 Å². The fraction of sp³-hybridized carbons (Fsp3) is 0.0571. The zero-order chi connectivity index (χ0) is 26.8. The number of hydrogen-bond acceptors (Lipinski definition) is 3. The molecule has 4 aromatic carbocycles. The second-order valence-electron chi connectivity index (χ2n) is 10.3. The minimum absolute atomic E-state index is 0.852. The van der Waals surface area contributed by atoms with E-state index in [9.17, 15) is 0 Å². The lowest BCUT2D eigenvalue weighted by Crippen LogP contribution is -2.00. The van der Waals surface area contributed by atoms with Crippen LogP contribution >= 0.6 is 0 Å². The molecule has 0 unspecified atom stereocenters. The molecule has 0 radical (unpaired) electrons. The Balaban J connectivity index is 1.54. The average molecular weight is 516 g/mol. The molecule has 0 saturated carbocycles. The molecule has 0 atom stereocenters. The smallest absolute Gasteiger partial charge is 0.0893 e. The standard InChI is InChI=1S/C35H25N5/c1-39-18-15-23-19-24(12-14-30(23)39)33-34(32-21-22-7-3-6-10-31(22)40(32)2)26-8-4-5-9-27(26)38-35(33)25-11-13-28-29(20-25)37-17-16-36-28/h3-21H,1-2H3. The third-order valence-electron chi connectivity index (χ3n) is 8.02. The molecule has 0 bridgehead atoms. The second kappa shape index (κ2) is 8.61. The van der Waals surface area contributed by atoms with Crippen molar-refractivity contribution in [3.05, 3.63) is 116 Å². The van der Waals surface area contributed by atoms with Gasteiger partial charge in [-0.05, 0) is 54.1 Å². The first-order valence-electron chi connectivity index (χ1n) is 13.4. The van der Waals surface area contributed by atoms with Crippen molar-refractivity contribution in [2.75, 3.05) is 0 Å². The van der Waals surface area contributed by atoms with Crippen molar-refractivity contribution in [3.63, 3.8) is 0 Å². The minimum Gasteiger partial charge on any atom is -0.351 e. The summed E-state index contributed by atoms with van der Waals surface area (Å²) in [6, 6.07) is 34.5. The van der Waals surface area contributed by atoms with Crippen molar-refractivity contribution in [2.24, 2.45) is 14.1 Å². The Kier molecular flexibility index (Phi) is 4.88. The van der Waals surface area contributed by atoms with Gasteiger partial charge >= 0.3 is 0 Å². The van der Waals surface area contributed by atoms with E-state index in [1.807, 2.05) is 6.07 Å². The van der Waals surface area contributed by atoms with Gasteiger partial charge in [-0.25, -0.2) is 4.98 Å². The van der Waals surface area contributed by atoms with Crippen LogP contribution in [0.1, 0.15) is 0 Å². The van der Waals surface area contributed by atoms with Crippen LogP contribution in [0.25, 0.3) is 77.4 Å². The first kappa shape index (κ1) is 22.7. The van der Waals surface area contributed by atoms with E-state index < -0.39 is 0 Å². The van der Waals surface area contributed by atoms with Crippen molar-refractivity contribution in [2.45, 2.75) is 0 Å². The van der Waals surface area contributed by atoms with Gasteiger partial charge in [0.25, 0.3) is 0 Å². The number of para-hydroxylation sites is 2. The van der Waals surface area contributed by atoms with Gasteiger partial charge in [0.05, 0.1) is 27.9 Å². The number of pyridine rings is 1. The van der Waals surface area contributed by atoms with Gasteiger partial charge in [0.15, 0.2) is 0 Å². The molecule has 5 heteroatoms. The molecule has 0 aliphatic carbocycles. The first-order chi connectivity index (χ1) is 19.7. The normalized spacial score (nSPS) is 11.8. The Labute approximate surface area is 231 Å². The van der Waals surface area contributed by atoms with E-state index in [4.69, 9.17) is 4.98 Å². The van der Waals surface area contributed by atoms with Crippen LogP contribution in [0.3, 0.4) is 0 Å². The lowest BCUT2D eigenvalue weighted by Gasteiger charge is -2.19. The minimum atomic E-state index is 0.852. The summed E-state index contributed by atoms with van der Waals surface area (Å²) in [7, 11) is 4.24. The Bertz CT molecular complexity index is 2250. The van der Waals surface area contributed by atoms with Crippen LogP contribution in [0.15, 0.2) is 116 Å². The lowest BCUT2D eigenvalue weighted by molar-refractivity contribution is 0.969. The van der Waals surface area contributed by atoms with Crippen molar-refractivity contribution in [3.8, 4) is 33.6 Å². The number of fused-ring (bicyclic) bond motifs is 4. The van der Waals surface area contributed by atoms with Crippen LogP contribution in [-0.4, -0.2) is 24.1 Å². The number of benzene rings is 4. The molecule has 0 aliphatic heterocycles. The second-order valence-corrected chi connectivity index (χ2v) is 10.3. The van der Waals surface area contributed by atoms with Gasteiger partial charge in [-0.15, -0.1) is 0 Å². The quantitative estimate of drug-likeness (QED) is 0.238. The van der Waals surface area contributed by atoms with Crippen LogP contribution in [0, 0.1) is 0 Å². The van der Waals surface area contributed by atoms with E-state index >= 15 is 0 Å². The third kappa shape index (κ3) is 3.38. The summed E-state index contributed by atoms with van der Waals surface area (Å²) in [5.74, 6) is 0. The van der Waals surface area contributed by atoms with Crippen molar-refractivity contribution in [1.82, 2.24) is 24.1 Å². The summed E-state index contributed by atoms with van der Waals surface area (Å²) in [5, 5.41) is 3.54. The summed E-state index contributed by atoms with van der Waals surface area (Å²) >= 11 is 0. The Morgan fingerprint density at radius 1 is 0.575 bits per heavy atom. The Morgan fingerprint density at radius 2 is 1.35 bits per heavy atom. The summed E-state index contributed by atoms with van der Waals surface area (Å²) < 4.78 is 4.46. The fourth-order valence-electron chi connectivity index (χ4n) is 6.04. The zero-order valence-electron chi connectivity index (χ0n) is 22.2. The van der Waals surface area contributed by atoms with E-state index in [0.29, 0.717) is 0 Å². The highest BCUT2D eigenvalue weighted by atomic mass is 14.9. The molecule has 8 aromatic rings. The van der Waals surface area contributed by atoms with E-state index in [0.717, 1.165) is 50.0 Å².